The first-order valence-electron chi connectivity index (χ1n) is 9.89. The average molecular weight is 476 g/mol. The predicted molar refractivity (Wildman–Crippen MR) is 127 cm³/mol. The number of nitrogens with one attached hydrogen (secondary N) is 2. The normalized spacial score (nSPS) is 10.6. The fourth-order valence-electron chi connectivity index (χ4n) is 2.96. The van der Waals surface area contributed by atoms with E-state index in [1.807, 2.05) is 24.3 Å². The van der Waals surface area contributed by atoms with Gasteiger partial charge >= 0.3 is 0 Å². The van der Waals surface area contributed by atoms with Crippen LogP contribution in [-0.2, 0) is 13.2 Å². The second kappa shape index (κ2) is 11.6. The molecular weight excluding hydrogens is 453 g/mol. The molecule has 0 saturated heterocycles. The van der Waals surface area contributed by atoms with E-state index in [1.54, 1.807) is 31.4 Å². The molecule has 168 valence electrons. The van der Waals surface area contributed by atoms with Crippen LogP contribution >= 0.6 is 23.2 Å². The van der Waals surface area contributed by atoms with Crippen molar-refractivity contribution in [2.45, 2.75) is 13.2 Å². The second-order valence-corrected chi connectivity index (χ2v) is 7.76. The molecule has 0 fully saturated rings. The minimum atomic E-state index is -0.414. The summed E-state index contributed by atoms with van der Waals surface area (Å²) >= 11 is 12.1. The van der Waals surface area contributed by atoms with Crippen LogP contribution in [0, 0.1) is 10.1 Å². The largest absolute Gasteiger partial charge is 0.493 e. The molecule has 0 unspecified atom stereocenters. The van der Waals surface area contributed by atoms with Gasteiger partial charge in [0.1, 0.15) is 6.61 Å². The molecule has 0 aliphatic carbocycles. The number of benzene rings is 3. The first kappa shape index (κ1) is 23.7. The third-order valence-corrected chi connectivity index (χ3v) is 5.25. The summed E-state index contributed by atoms with van der Waals surface area (Å²) in [6.07, 6.45) is 0. The third-order valence-electron chi connectivity index (χ3n) is 4.66. The molecule has 7 nitrogen and oxygen atoms in total. The van der Waals surface area contributed by atoms with Crippen molar-refractivity contribution in [3.05, 3.63) is 92.0 Å². The molecule has 0 spiro atoms. The van der Waals surface area contributed by atoms with Crippen molar-refractivity contribution in [3.63, 3.8) is 0 Å². The summed E-state index contributed by atoms with van der Waals surface area (Å²) in [5.74, 6) is 1.26. The van der Waals surface area contributed by atoms with Crippen LogP contribution in [0.2, 0.25) is 10.0 Å². The lowest BCUT2D eigenvalue weighted by Gasteiger charge is -2.13. The van der Waals surface area contributed by atoms with Gasteiger partial charge in [0.2, 0.25) is 0 Å². The number of nitrogens with zero attached hydrogens (tertiary/aromatic N) is 1. The molecule has 0 heterocycles. The van der Waals surface area contributed by atoms with E-state index in [0.29, 0.717) is 47.8 Å². The summed E-state index contributed by atoms with van der Waals surface area (Å²) in [6, 6.07) is 17.4. The molecule has 0 bridgehead atoms. The number of hydrogen-bond donors (Lipinski definition) is 2. The Bertz CT molecular complexity index is 1060. The Morgan fingerprint density at radius 3 is 2.44 bits per heavy atom. The Morgan fingerprint density at radius 1 is 0.969 bits per heavy atom. The monoisotopic (exact) mass is 475 g/mol. The van der Waals surface area contributed by atoms with Crippen LogP contribution in [0.3, 0.4) is 0 Å². The van der Waals surface area contributed by atoms with Crippen LogP contribution in [0.25, 0.3) is 0 Å². The van der Waals surface area contributed by atoms with Gasteiger partial charge < -0.3 is 20.1 Å². The zero-order chi connectivity index (χ0) is 22.9. The zero-order valence-electron chi connectivity index (χ0n) is 17.4. The van der Waals surface area contributed by atoms with Crippen molar-refractivity contribution in [1.82, 2.24) is 5.32 Å². The maximum atomic E-state index is 10.7. The first-order valence-corrected chi connectivity index (χ1v) is 10.6. The summed E-state index contributed by atoms with van der Waals surface area (Å²) in [5.41, 5.74) is 2.80. The van der Waals surface area contributed by atoms with Crippen LogP contribution in [0.1, 0.15) is 11.1 Å². The molecule has 3 aromatic carbocycles. The van der Waals surface area contributed by atoms with E-state index in [4.69, 9.17) is 32.7 Å². The van der Waals surface area contributed by atoms with Crippen molar-refractivity contribution in [2.24, 2.45) is 0 Å². The van der Waals surface area contributed by atoms with Crippen molar-refractivity contribution in [1.29, 1.82) is 0 Å². The summed E-state index contributed by atoms with van der Waals surface area (Å²) in [6.45, 7) is 2.35. The van der Waals surface area contributed by atoms with Crippen LogP contribution in [-0.4, -0.2) is 25.1 Å². The number of anilines is 1. The highest BCUT2D eigenvalue weighted by Gasteiger charge is 2.08. The van der Waals surface area contributed by atoms with Gasteiger partial charge in [0.15, 0.2) is 11.5 Å². The summed E-state index contributed by atoms with van der Waals surface area (Å²) in [5, 5.41) is 18.4. The lowest BCUT2D eigenvalue weighted by atomic mass is 10.2. The number of halogens is 2. The van der Waals surface area contributed by atoms with E-state index in [9.17, 15) is 10.1 Å². The van der Waals surface area contributed by atoms with Gasteiger partial charge in [-0.05, 0) is 42.0 Å². The molecule has 9 heteroatoms. The molecule has 0 amide bonds. The summed E-state index contributed by atoms with van der Waals surface area (Å²) in [7, 11) is 1.60. The highest BCUT2D eigenvalue weighted by molar-refractivity contribution is 6.35. The van der Waals surface area contributed by atoms with E-state index in [2.05, 4.69) is 10.6 Å². The van der Waals surface area contributed by atoms with E-state index in [1.165, 1.54) is 12.1 Å². The van der Waals surface area contributed by atoms with E-state index < -0.39 is 4.92 Å². The van der Waals surface area contributed by atoms with Crippen LogP contribution in [0.4, 0.5) is 11.4 Å². The van der Waals surface area contributed by atoms with Crippen LogP contribution in [0.15, 0.2) is 60.7 Å². The zero-order valence-corrected chi connectivity index (χ0v) is 18.9. The summed E-state index contributed by atoms with van der Waals surface area (Å²) in [4.78, 5) is 10.3. The molecule has 3 rings (SSSR count). The highest BCUT2D eigenvalue weighted by Crippen LogP contribution is 2.30. The highest BCUT2D eigenvalue weighted by atomic mass is 35.5. The number of ether oxygens (including phenoxy) is 2. The molecule has 0 saturated carbocycles. The minimum Gasteiger partial charge on any atom is -0.493 e. The second-order valence-electron chi connectivity index (χ2n) is 6.92. The van der Waals surface area contributed by atoms with Gasteiger partial charge in [-0.15, -0.1) is 0 Å². The maximum Gasteiger partial charge on any atom is 0.269 e. The fraction of sp³-hybridized carbons (Fsp3) is 0.217. The molecule has 0 aliphatic heterocycles. The Morgan fingerprint density at radius 2 is 1.75 bits per heavy atom. The van der Waals surface area contributed by atoms with Gasteiger partial charge in [0.05, 0.1) is 12.0 Å². The molecule has 0 aromatic heterocycles. The Labute approximate surface area is 196 Å². The third kappa shape index (κ3) is 6.75. The minimum absolute atomic E-state index is 0.0753. The van der Waals surface area contributed by atoms with Gasteiger partial charge in [-0.3, -0.25) is 10.1 Å². The number of nitro benzene ring substituents is 1. The average Bonchev–Trinajstić information content (AvgIpc) is 2.79. The smallest absolute Gasteiger partial charge is 0.269 e. The number of hydrogen-bond acceptors (Lipinski definition) is 6. The van der Waals surface area contributed by atoms with Gasteiger partial charge in [0.25, 0.3) is 5.69 Å². The fourth-order valence-corrected chi connectivity index (χ4v) is 3.43. The van der Waals surface area contributed by atoms with Gasteiger partial charge in [0, 0.05) is 53.1 Å². The maximum absolute atomic E-state index is 10.7. The van der Waals surface area contributed by atoms with Crippen molar-refractivity contribution in [3.8, 4) is 11.5 Å². The Balaban J connectivity index is 1.46. The molecule has 3 aromatic rings. The number of non-ortho nitro benzene ring substituents is 1. The number of methoxy groups -OCH3 is 1. The Kier molecular flexibility index (Phi) is 8.56. The number of nitro groups is 1. The van der Waals surface area contributed by atoms with Crippen molar-refractivity contribution >= 4 is 34.6 Å². The predicted octanol–water partition coefficient (Wildman–Crippen LogP) is 5.69. The molecule has 2 N–H and O–H groups in total. The molecule has 0 aliphatic rings. The lowest BCUT2D eigenvalue weighted by Crippen LogP contribution is -2.21. The van der Waals surface area contributed by atoms with E-state index in [-0.39, 0.29) is 5.69 Å². The van der Waals surface area contributed by atoms with Gasteiger partial charge in [-0.25, -0.2) is 0 Å². The van der Waals surface area contributed by atoms with Crippen LogP contribution in [0.5, 0.6) is 11.5 Å². The van der Waals surface area contributed by atoms with Crippen molar-refractivity contribution < 1.29 is 14.4 Å². The number of rotatable bonds is 11. The summed E-state index contributed by atoms with van der Waals surface area (Å²) < 4.78 is 11.3. The quantitative estimate of drug-likeness (QED) is 0.210. The first-order chi connectivity index (χ1) is 15.5. The SMILES string of the molecule is COc1cc(CNCCNc2ccc([N+](=O)[O-])cc2)ccc1OCc1ccc(Cl)cc1Cl. The van der Waals surface area contributed by atoms with Crippen molar-refractivity contribution in [2.75, 3.05) is 25.5 Å². The molecule has 0 radical (unpaired) electrons. The standard InChI is InChI=1S/C23H23Cl2N3O4/c1-31-23-12-16(2-9-22(23)32-15-17-3-4-18(24)13-21(17)25)14-26-10-11-27-19-5-7-20(8-6-19)28(29)30/h2-9,12-13,26-27H,10-11,14-15H2,1H3. The molecular formula is C23H23Cl2N3O4. The van der Waals surface area contributed by atoms with E-state index >= 15 is 0 Å². The molecule has 32 heavy (non-hydrogen) atoms. The Hall–Kier alpha value is -3.00. The van der Waals surface area contributed by atoms with Gasteiger partial charge in [-0.2, -0.15) is 0 Å². The van der Waals surface area contributed by atoms with Crippen LogP contribution < -0.4 is 20.1 Å². The lowest BCUT2D eigenvalue weighted by molar-refractivity contribution is -0.384. The molecule has 0 atom stereocenters. The van der Waals surface area contributed by atoms with E-state index in [0.717, 1.165) is 16.8 Å². The van der Waals surface area contributed by atoms with Gasteiger partial charge in [-0.1, -0.05) is 35.3 Å². The topological polar surface area (TPSA) is 85.7 Å².